The number of allylic oxidation sites excluding steroid dienone is 1. The van der Waals surface area contributed by atoms with Crippen LogP contribution in [0.1, 0.15) is 76.9 Å². The molecule has 1 N–H and O–H groups in total. The Kier molecular flexibility index (Phi) is 7.18. The summed E-state index contributed by atoms with van der Waals surface area (Å²) in [7, 11) is 0. The summed E-state index contributed by atoms with van der Waals surface area (Å²) in [5, 5.41) is 10.3. The SMILES string of the molecule is CC[C@H]1C[C@H]2[C@@H]3CCC4=CC(=O)CC[C@@H]4[C@H]3CC[C@]2(C)[C@H]1OC(=O)COCC(O)c1ccccc1. The molecule has 4 aliphatic rings. The molecule has 0 heterocycles. The molecule has 0 amide bonds. The highest BCUT2D eigenvalue weighted by atomic mass is 16.6. The fourth-order valence-electron chi connectivity index (χ4n) is 8.13. The number of hydrogen-bond acceptors (Lipinski definition) is 5. The first-order valence-corrected chi connectivity index (χ1v) is 13.6. The summed E-state index contributed by atoms with van der Waals surface area (Å²) in [5.74, 6) is 2.87. The first-order valence-electron chi connectivity index (χ1n) is 13.6. The fourth-order valence-corrected chi connectivity index (χ4v) is 8.13. The van der Waals surface area contributed by atoms with Crippen molar-refractivity contribution in [2.45, 2.75) is 77.4 Å². The van der Waals surface area contributed by atoms with Gasteiger partial charge in [-0.2, -0.15) is 0 Å². The predicted octanol–water partition coefficient (Wildman–Crippen LogP) is 5.43. The van der Waals surface area contributed by atoms with Crippen LogP contribution in [0.4, 0.5) is 0 Å². The van der Waals surface area contributed by atoms with E-state index in [0.29, 0.717) is 41.8 Å². The highest BCUT2D eigenvalue weighted by molar-refractivity contribution is 5.91. The van der Waals surface area contributed by atoms with E-state index in [1.54, 1.807) is 0 Å². The third kappa shape index (κ3) is 4.74. The van der Waals surface area contributed by atoms with Crippen LogP contribution in [0.3, 0.4) is 0 Å². The molecule has 35 heavy (non-hydrogen) atoms. The molecule has 1 unspecified atom stereocenters. The van der Waals surface area contributed by atoms with Gasteiger partial charge in [-0.1, -0.05) is 49.8 Å². The molecule has 0 aliphatic heterocycles. The third-order valence-electron chi connectivity index (χ3n) is 9.84. The Morgan fingerprint density at radius 2 is 1.94 bits per heavy atom. The Hall–Kier alpha value is -1.98. The monoisotopic (exact) mass is 480 g/mol. The van der Waals surface area contributed by atoms with Crippen molar-refractivity contribution in [1.82, 2.24) is 0 Å². The van der Waals surface area contributed by atoms with Gasteiger partial charge in [0.25, 0.3) is 0 Å². The summed E-state index contributed by atoms with van der Waals surface area (Å²) in [6, 6.07) is 9.36. The number of rotatable bonds is 7. The molecule has 3 saturated carbocycles. The molecule has 1 aromatic rings. The second-order valence-corrected chi connectivity index (χ2v) is 11.6. The van der Waals surface area contributed by atoms with Crippen molar-refractivity contribution in [2.75, 3.05) is 13.2 Å². The molecular formula is C30H40O5. The molecule has 4 aliphatic carbocycles. The number of aliphatic hydroxyl groups is 1. The Morgan fingerprint density at radius 3 is 2.71 bits per heavy atom. The van der Waals surface area contributed by atoms with Crippen molar-refractivity contribution in [1.29, 1.82) is 0 Å². The van der Waals surface area contributed by atoms with Gasteiger partial charge in [0.05, 0.1) is 6.61 Å². The van der Waals surface area contributed by atoms with Gasteiger partial charge in [-0.3, -0.25) is 4.79 Å². The third-order valence-corrected chi connectivity index (χ3v) is 9.84. The quantitative estimate of drug-likeness (QED) is 0.527. The van der Waals surface area contributed by atoms with Crippen molar-refractivity contribution in [3.8, 4) is 0 Å². The second-order valence-electron chi connectivity index (χ2n) is 11.6. The molecule has 0 aromatic heterocycles. The van der Waals surface area contributed by atoms with Gasteiger partial charge < -0.3 is 14.6 Å². The standard InChI is InChI=1S/C30H40O5/c1-3-19-16-26-25-11-9-21-15-22(31)10-12-23(21)24(25)13-14-30(26,2)29(19)35-28(33)18-34-17-27(32)20-7-5-4-6-8-20/h4-8,15,19,23-27,29,32H,3,9-14,16-18H2,1-2H3/t19-,23-,24+,25+,26-,27?,29-,30-/m0/s1. The van der Waals surface area contributed by atoms with Gasteiger partial charge in [-0.05, 0) is 86.2 Å². The number of ketones is 1. The number of carbonyl (C=O) groups excluding carboxylic acids is 2. The van der Waals surface area contributed by atoms with E-state index in [4.69, 9.17) is 9.47 Å². The lowest BCUT2D eigenvalue weighted by molar-refractivity contribution is -0.167. The Balaban J connectivity index is 1.22. The number of fused-ring (bicyclic) bond motifs is 5. The van der Waals surface area contributed by atoms with E-state index in [2.05, 4.69) is 13.8 Å². The van der Waals surface area contributed by atoms with E-state index in [-0.39, 0.29) is 30.7 Å². The number of hydrogen-bond donors (Lipinski definition) is 1. The molecule has 5 nitrogen and oxygen atoms in total. The van der Waals surface area contributed by atoms with Crippen molar-refractivity contribution >= 4 is 11.8 Å². The van der Waals surface area contributed by atoms with E-state index < -0.39 is 6.10 Å². The number of benzene rings is 1. The number of esters is 1. The highest BCUT2D eigenvalue weighted by Crippen LogP contribution is 2.64. The molecule has 0 bridgehead atoms. The maximum Gasteiger partial charge on any atom is 0.332 e. The van der Waals surface area contributed by atoms with Crippen LogP contribution in [0, 0.1) is 35.0 Å². The van der Waals surface area contributed by atoms with Gasteiger partial charge in [-0.25, -0.2) is 4.79 Å². The lowest BCUT2D eigenvalue weighted by atomic mass is 9.52. The molecule has 5 rings (SSSR count). The zero-order chi connectivity index (χ0) is 24.6. The van der Waals surface area contributed by atoms with Gasteiger partial charge in [0, 0.05) is 11.8 Å². The smallest absolute Gasteiger partial charge is 0.332 e. The van der Waals surface area contributed by atoms with Crippen molar-refractivity contribution in [3.05, 3.63) is 47.5 Å². The van der Waals surface area contributed by atoms with Crippen molar-refractivity contribution < 1.29 is 24.2 Å². The lowest BCUT2D eigenvalue weighted by Crippen LogP contribution is -2.49. The van der Waals surface area contributed by atoms with E-state index in [9.17, 15) is 14.7 Å². The van der Waals surface area contributed by atoms with Crippen LogP contribution in [-0.4, -0.2) is 36.2 Å². The maximum absolute atomic E-state index is 12.8. The van der Waals surface area contributed by atoms with E-state index in [1.165, 1.54) is 5.57 Å². The summed E-state index contributed by atoms with van der Waals surface area (Å²) in [4.78, 5) is 24.8. The molecule has 0 saturated heterocycles. The second kappa shape index (κ2) is 10.2. The van der Waals surface area contributed by atoms with Crippen LogP contribution < -0.4 is 0 Å². The van der Waals surface area contributed by atoms with E-state index >= 15 is 0 Å². The van der Waals surface area contributed by atoms with Crippen LogP contribution >= 0.6 is 0 Å². The van der Waals surface area contributed by atoms with Gasteiger partial charge in [-0.15, -0.1) is 0 Å². The molecule has 190 valence electrons. The summed E-state index contributed by atoms with van der Waals surface area (Å²) < 4.78 is 11.7. The number of ether oxygens (including phenoxy) is 2. The van der Waals surface area contributed by atoms with Crippen molar-refractivity contribution in [3.63, 3.8) is 0 Å². The Morgan fingerprint density at radius 1 is 1.14 bits per heavy atom. The molecule has 0 spiro atoms. The number of carbonyl (C=O) groups is 2. The van der Waals surface area contributed by atoms with Gasteiger partial charge >= 0.3 is 5.97 Å². The minimum atomic E-state index is -0.753. The van der Waals surface area contributed by atoms with Gasteiger partial charge in [0.1, 0.15) is 18.8 Å². The molecule has 1 aromatic carbocycles. The van der Waals surface area contributed by atoms with E-state index in [0.717, 1.165) is 50.5 Å². The fraction of sp³-hybridized carbons (Fsp3) is 0.667. The summed E-state index contributed by atoms with van der Waals surface area (Å²) in [6.07, 6.45) is 9.48. The maximum atomic E-state index is 12.8. The molecule has 3 fully saturated rings. The topological polar surface area (TPSA) is 72.8 Å². The first-order chi connectivity index (χ1) is 16.9. The molecule has 0 radical (unpaired) electrons. The van der Waals surface area contributed by atoms with Gasteiger partial charge in [0.15, 0.2) is 5.78 Å². The lowest BCUT2D eigenvalue weighted by Gasteiger charge is -2.53. The number of aliphatic hydroxyl groups excluding tert-OH is 1. The normalized spacial score (nSPS) is 37.0. The summed E-state index contributed by atoms with van der Waals surface area (Å²) in [6.45, 7) is 4.51. The Bertz CT molecular complexity index is 955. The van der Waals surface area contributed by atoms with Crippen LogP contribution in [-0.2, 0) is 19.1 Å². The largest absolute Gasteiger partial charge is 0.460 e. The average molecular weight is 481 g/mol. The van der Waals surface area contributed by atoms with Crippen molar-refractivity contribution in [2.24, 2.45) is 35.0 Å². The first kappa shape index (κ1) is 24.7. The molecule has 8 atom stereocenters. The zero-order valence-electron chi connectivity index (χ0n) is 21.2. The van der Waals surface area contributed by atoms with E-state index in [1.807, 2.05) is 36.4 Å². The highest BCUT2D eigenvalue weighted by Gasteiger charge is 2.60. The van der Waals surface area contributed by atoms with Crippen LogP contribution in [0.25, 0.3) is 0 Å². The minimum Gasteiger partial charge on any atom is -0.460 e. The molecular weight excluding hydrogens is 440 g/mol. The summed E-state index contributed by atoms with van der Waals surface area (Å²) >= 11 is 0. The zero-order valence-corrected chi connectivity index (χ0v) is 21.2. The van der Waals surface area contributed by atoms with Crippen LogP contribution in [0.2, 0.25) is 0 Å². The van der Waals surface area contributed by atoms with Crippen LogP contribution in [0.5, 0.6) is 0 Å². The average Bonchev–Trinajstić information content (AvgIpc) is 3.15. The minimum absolute atomic E-state index is 0.00671. The Labute approximate surface area is 209 Å². The predicted molar refractivity (Wildman–Crippen MR) is 133 cm³/mol. The van der Waals surface area contributed by atoms with Crippen LogP contribution in [0.15, 0.2) is 42.0 Å². The molecule has 5 heteroatoms. The summed E-state index contributed by atoms with van der Waals surface area (Å²) in [5.41, 5.74) is 2.20. The van der Waals surface area contributed by atoms with Gasteiger partial charge in [0.2, 0.25) is 0 Å².